The van der Waals surface area contributed by atoms with Gasteiger partial charge in [-0.1, -0.05) is 6.07 Å². The molecule has 0 aliphatic carbocycles. The summed E-state index contributed by atoms with van der Waals surface area (Å²) < 4.78 is 48.5. The third-order valence-electron chi connectivity index (χ3n) is 1.85. The number of rotatable bonds is 4. The predicted molar refractivity (Wildman–Crippen MR) is 64.9 cm³/mol. The Hall–Kier alpha value is -0.760. The lowest BCUT2D eigenvalue weighted by atomic mass is 10.2. The maximum absolute atomic E-state index is 13.1. The first-order valence-corrected chi connectivity index (χ1v) is 6.52. The van der Waals surface area contributed by atoms with Crippen molar-refractivity contribution in [3.63, 3.8) is 0 Å². The highest BCUT2D eigenvalue weighted by molar-refractivity contribution is 9.10. The molecule has 8 heteroatoms. The fraction of sp³-hybridized carbons (Fsp3) is 0.300. The topological polar surface area (TPSA) is 29.1 Å². The Labute approximate surface area is 113 Å². The van der Waals surface area contributed by atoms with Crippen molar-refractivity contribution >= 4 is 33.6 Å². The minimum absolute atomic E-state index is 0.00836. The van der Waals surface area contributed by atoms with Gasteiger partial charge in [0.25, 0.3) is 5.91 Å². The van der Waals surface area contributed by atoms with Crippen LogP contribution in [0.1, 0.15) is 10.4 Å². The Morgan fingerprint density at radius 2 is 2.06 bits per heavy atom. The van der Waals surface area contributed by atoms with Crippen molar-refractivity contribution in [1.29, 1.82) is 0 Å². The van der Waals surface area contributed by atoms with Crippen LogP contribution in [0.15, 0.2) is 22.7 Å². The molecule has 0 saturated heterocycles. The van der Waals surface area contributed by atoms with Gasteiger partial charge >= 0.3 is 5.51 Å². The van der Waals surface area contributed by atoms with Gasteiger partial charge in [0.05, 0.1) is 10.0 Å². The summed E-state index contributed by atoms with van der Waals surface area (Å²) in [5.74, 6) is -1.52. The van der Waals surface area contributed by atoms with Crippen LogP contribution in [0.25, 0.3) is 0 Å². The number of halogens is 5. The predicted octanol–water partition coefficient (Wildman–Crippen LogP) is 3.57. The van der Waals surface area contributed by atoms with Gasteiger partial charge in [-0.2, -0.15) is 13.2 Å². The minimum atomic E-state index is -4.32. The third kappa shape index (κ3) is 4.85. The van der Waals surface area contributed by atoms with Gasteiger partial charge < -0.3 is 5.32 Å². The lowest BCUT2D eigenvalue weighted by Gasteiger charge is -2.08. The molecule has 1 aromatic carbocycles. The van der Waals surface area contributed by atoms with E-state index in [0.29, 0.717) is 0 Å². The second kappa shape index (κ2) is 6.42. The quantitative estimate of drug-likeness (QED) is 0.667. The molecule has 0 aliphatic rings. The molecule has 100 valence electrons. The van der Waals surface area contributed by atoms with Crippen molar-refractivity contribution in [1.82, 2.24) is 5.32 Å². The van der Waals surface area contributed by atoms with E-state index in [1.54, 1.807) is 0 Å². The monoisotopic (exact) mass is 345 g/mol. The van der Waals surface area contributed by atoms with Gasteiger partial charge in [-0.15, -0.1) is 0 Å². The first-order valence-electron chi connectivity index (χ1n) is 4.74. The molecule has 1 amide bonds. The molecule has 0 saturated carbocycles. The zero-order chi connectivity index (χ0) is 13.8. The van der Waals surface area contributed by atoms with Crippen molar-refractivity contribution in [3.05, 3.63) is 34.1 Å². The molecule has 2 nitrogen and oxygen atoms in total. The van der Waals surface area contributed by atoms with Crippen LogP contribution in [0.4, 0.5) is 17.6 Å². The smallest absolute Gasteiger partial charge is 0.351 e. The SMILES string of the molecule is O=C(NCCSC(F)(F)F)c1cccc(F)c1Br. The summed E-state index contributed by atoms with van der Waals surface area (Å²) in [6.07, 6.45) is 0. The average molecular weight is 346 g/mol. The first-order chi connectivity index (χ1) is 8.31. The number of thioether (sulfide) groups is 1. The van der Waals surface area contributed by atoms with E-state index in [4.69, 9.17) is 0 Å². The molecule has 0 heterocycles. The van der Waals surface area contributed by atoms with Crippen LogP contribution in [-0.2, 0) is 0 Å². The number of benzene rings is 1. The lowest BCUT2D eigenvalue weighted by molar-refractivity contribution is -0.0327. The van der Waals surface area contributed by atoms with Crippen LogP contribution in [0.2, 0.25) is 0 Å². The van der Waals surface area contributed by atoms with Gasteiger partial charge in [-0.3, -0.25) is 4.79 Å². The third-order valence-corrected chi connectivity index (χ3v) is 3.39. The molecule has 0 atom stereocenters. The van der Waals surface area contributed by atoms with Gasteiger partial charge in [-0.25, -0.2) is 4.39 Å². The number of hydrogen-bond acceptors (Lipinski definition) is 2. The molecule has 1 N–H and O–H groups in total. The largest absolute Gasteiger partial charge is 0.441 e. The van der Waals surface area contributed by atoms with Crippen LogP contribution in [-0.4, -0.2) is 23.7 Å². The van der Waals surface area contributed by atoms with Crippen LogP contribution < -0.4 is 5.32 Å². The Morgan fingerprint density at radius 3 is 2.67 bits per heavy atom. The molecule has 0 fully saturated rings. The van der Waals surface area contributed by atoms with Crippen molar-refractivity contribution in [2.75, 3.05) is 12.3 Å². The van der Waals surface area contributed by atoms with Crippen molar-refractivity contribution in [2.24, 2.45) is 0 Å². The molecule has 0 radical (unpaired) electrons. The molecule has 18 heavy (non-hydrogen) atoms. The number of amides is 1. The van der Waals surface area contributed by atoms with E-state index in [2.05, 4.69) is 21.2 Å². The molecule has 1 aromatic rings. The summed E-state index contributed by atoms with van der Waals surface area (Å²) >= 11 is 2.68. The van der Waals surface area contributed by atoms with Gasteiger partial charge in [0, 0.05) is 12.3 Å². The fourth-order valence-electron chi connectivity index (χ4n) is 1.11. The summed E-state index contributed by atoms with van der Waals surface area (Å²) in [7, 11) is 0. The highest BCUT2D eigenvalue weighted by Crippen LogP contribution is 2.29. The standard InChI is InChI=1S/C10H8BrF4NOS/c11-8-6(2-1-3-7(8)12)9(17)16-4-5-18-10(13,14)15/h1-3H,4-5H2,(H,16,17). The van der Waals surface area contributed by atoms with Crippen molar-refractivity contribution < 1.29 is 22.4 Å². The summed E-state index contributed by atoms with van der Waals surface area (Å²) in [4.78, 5) is 11.5. The number of carbonyl (C=O) groups excluding carboxylic acids is 1. The second-order valence-electron chi connectivity index (χ2n) is 3.15. The Bertz CT molecular complexity index is 438. The molecule has 0 aromatic heterocycles. The van der Waals surface area contributed by atoms with E-state index < -0.39 is 17.2 Å². The van der Waals surface area contributed by atoms with E-state index in [-0.39, 0.29) is 34.1 Å². The molecule has 0 unspecified atom stereocenters. The summed E-state index contributed by atoms with van der Waals surface area (Å²) in [5.41, 5.74) is -4.27. The molecule has 0 aliphatic heterocycles. The van der Waals surface area contributed by atoms with Crippen molar-refractivity contribution in [2.45, 2.75) is 5.51 Å². The molecule has 1 rings (SSSR count). The average Bonchev–Trinajstić information content (AvgIpc) is 2.26. The normalized spacial score (nSPS) is 11.4. The molecular formula is C10H8BrF4NOS. The number of nitrogens with one attached hydrogen (secondary N) is 1. The van der Waals surface area contributed by atoms with Crippen LogP contribution in [0.3, 0.4) is 0 Å². The van der Waals surface area contributed by atoms with Gasteiger partial charge in [0.15, 0.2) is 0 Å². The van der Waals surface area contributed by atoms with Crippen LogP contribution in [0.5, 0.6) is 0 Å². The van der Waals surface area contributed by atoms with Crippen LogP contribution in [0, 0.1) is 5.82 Å². The lowest BCUT2D eigenvalue weighted by Crippen LogP contribution is -2.27. The second-order valence-corrected chi connectivity index (χ2v) is 5.10. The van der Waals surface area contributed by atoms with E-state index in [1.165, 1.54) is 18.2 Å². The molecule has 0 spiro atoms. The van der Waals surface area contributed by atoms with E-state index in [1.807, 2.05) is 0 Å². The number of alkyl halides is 3. The number of carbonyl (C=O) groups is 1. The van der Waals surface area contributed by atoms with E-state index >= 15 is 0 Å². The van der Waals surface area contributed by atoms with E-state index in [0.717, 1.165) is 0 Å². The van der Waals surface area contributed by atoms with E-state index in [9.17, 15) is 22.4 Å². The van der Waals surface area contributed by atoms with Crippen molar-refractivity contribution in [3.8, 4) is 0 Å². The fourth-order valence-corrected chi connectivity index (χ4v) is 1.99. The van der Waals surface area contributed by atoms with Gasteiger partial charge in [-0.05, 0) is 39.8 Å². The highest BCUT2D eigenvalue weighted by atomic mass is 79.9. The summed E-state index contributed by atoms with van der Waals surface area (Å²) in [6, 6.07) is 3.89. The molecular weight excluding hydrogens is 338 g/mol. The Balaban J connectivity index is 2.49. The maximum atomic E-state index is 13.1. The van der Waals surface area contributed by atoms with Gasteiger partial charge in [0.1, 0.15) is 5.82 Å². The first kappa shape index (κ1) is 15.3. The Morgan fingerprint density at radius 1 is 1.39 bits per heavy atom. The Kier molecular flexibility index (Phi) is 5.46. The zero-order valence-electron chi connectivity index (χ0n) is 8.85. The number of hydrogen-bond donors (Lipinski definition) is 1. The highest BCUT2D eigenvalue weighted by Gasteiger charge is 2.27. The summed E-state index contributed by atoms with van der Waals surface area (Å²) in [5, 5.41) is 2.28. The van der Waals surface area contributed by atoms with Gasteiger partial charge in [0.2, 0.25) is 0 Å². The summed E-state index contributed by atoms with van der Waals surface area (Å²) in [6.45, 7) is -0.147. The zero-order valence-corrected chi connectivity index (χ0v) is 11.3. The minimum Gasteiger partial charge on any atom is -0.351 e. The maximum Gasteiger partial charge on any atom is 0.441 e. The molecule has 0 bridgehead atoms. The van der Waals surface area contributed by atoms with Crippen LogP contribution >= 0.6 is 27.7 Å².